The molecule has 94 valence electrons. The van der Waals surface area contributed by atoms with Gasteiger partial charge in [-0.25, -0.2) is 0 Å². The number of likely N-dealkylation sites (tertiary alicyclic amines) is 1. The van der Waals surface area contributed by atoms with Gasteiger partial charge in [0.1, 0.15) is 0 Å². The van der Waals surface area contributed by atoms with Gasteiger partial charge in [-0.05, 0) is 57.1 Å². The lowest BCUT2D eigenvalue weighted by atomic mass is 9.96. The molecule has 2 aliphatic heterocycles. The maximum absolute atomic E-state index is 3.79. The highest BCUT2D eigenvalue weighted by atomic mass is 32.2. The average molecular weight is 242 g/mol. The van der Waals surface area contributed by atoms with Gasteiger partial charge in [0.05, 0.1) is 0 Å². The smallest absolute Gasteiger partial charge is 0.0191 e. The van der Waals surface area contributed by atoms with Crippen molar-refractivity contribution in [1.82, 2.24) is 10.2 Å². The Kier molecular flexibility index (Phi) is 4.98. The second-order valence-electron chi connectivity index (χ2n) is 5.26. The van der Waals surface area contributed by atoms with E-state index < -0.39 is 0 Å². The van der Waals surface area contributed by atoms with E-state index in [2.05, 4.69) is 35.8 Å². The topological polar surface area (TPSA) is 15.3 Å². The third-order valence-electron chi connectivity index (χ3n) is 4.20. The van der Waals surface area contributed by atoms with E-state index in [0.717, 1.165) is 17.2 Å². The molecule has 2 heterocycles. The Hall–Kier alpha value is 0.270. The predicted octanol–water partition coefficient (Wildman–Crippen LogP) is 2.20. The highest BCUT2D eigenvalue weighted by Crippen LogP contribution is 2.26. The highest BCUT2D eigenvalue weighted by Gasteiger charge is 2.25. The van der Waals surface area contributed by atoms with Crippen LogP contribution in [0.3, 0.4) is 0 Å². The van der Waals surface area contributed by atoms with Crippen LogP contribution < -0.4 is 5.32 Å². The highest BCUT2D eigenvalue weighted by molar-refractivity contribution is 8.00. The summed E-state index contributed by atoms with van der Waals surface area (Å²) < 4.78 is 0. The molecule has 2 rings (SSSR count). The molecule has 0 bridgehead atoms. The molecule has 0 radical (unpaired) electrons. The fourth-order valence-electron chi connectivity index (χ4n) is 2.82. The van der Waals surface area contributed by atoms with E-state index in [4.69, 9.17) is 0 Å². The van der Waals surface area contributed by atoms with Crippen molar-refractivity contribution >= 4 is 11.8 Å². The molecule has 0 aromatic rings. The first-order valence-electron chi connectivity index (χ1n) is 6.87. The molecule has 16 heavy (non-hydrogen) atoms. The largest absolute Gasteiger partial charge is 0.313 e. The van der Waals surface area contributed by atoms with Crippen LogP contribution in [-0.2, 0) is 0 Å². The van der Waals surface area contributed by atoms with E-state index in [-0.39, 0.29) is 0 Å². The van der Waals surface area contributed by atoms with Crippen LogP contribution >= 0.6 is 11.8 Å². The molecule has 0 spiro atoms. The molecule has 0 aromatic heterocycles. The van der Waals surface area contributed by atoms with Gasteiger partial charge in [-0.15, -0.1) is 0 Å². The number of rotatable bonds is 4. The first-order chi connectivity index (χ1) is 7.79. The molecule has 2 saturated heterocycles. The maximum Gasteiger partial charge on any atom is 0.0191 e. The molecule has 2 unspecified atom stereocenters. The van der Waals surface area contributed by atoms with E-state index in [1.165, 1.54) is 51.2 Å². The summed E-state index contributed by atoms with van der Waals surface area (Å²) in [4.78, 5) is 2.57. The van der Waals surface area contributed by atoms with Gasteiger partial charge in [-0.3, -0.25) is 0 Å². The van der Waals surface area contributed by atoms with Gasteiger partial charge in [-0.2, -0.15) is 11.8 Å². The average Bonchev–Trinajstić information content (AvgIpc) is 2.73. The lowest BCUT2D eigenvalue weighted by Gasteiger charge is -2.32. The van der Waals surface area contributed by atoms with Crippen LogP contribution in [0, 0.1) is 5.92 Å². The Labute approximate surface area is 105 Å². The number of piperidine rings is 1. The Bertz CT molecular complexity index is 202. The van der Waals surface area contributed by atoms with E-state index >= 15 is 0 Å². The molecule has 0 aliphatic carbocycles. The zero-order valence-electron chi connectivity index (χ0n) is 10.7. The fraction of sp³-hybridized carbons (Fsp3) is 1.00. The van der Waals surface area contributed by atoms with E-state index in [1.54, 1.807) is 0 Å². The molecule has 2 atom stereocenters. The molecule has 0 amide bonds. The molecule has 3 heteroatoms. The minimum Gasteiger partial charge on any atom is -0.313 e. The molecule has 0 saturated carbocycles. The van der Waals surface area contributed by atoms with E-state index in [9.17, 15) is 0 Å². The van der Waals surface area contributed by atoms with Crippen molar-refractivity contribution in [3.8, 4) is 0 Å². The number of nitrogens with one attached hydrogen (secondary N) is 1. The van der Waals surface area contributed by atoms with Gasteiger partial charge in [0.25, 0.3) is 0 Å². The third-order valence-corrected chi connectivity index (χ3v) is 5.53. The zero-order chi connectivity index (χ0) is 11.4. The number of nitrogens with zero attached hydrogens (tertiary/aromatic N) is 1. The Morgan fingerprint density at radius 1 is 1.25 bits per heavy atom. The second-order valence-corrected chi connectivity index (χ2v) is 6.74. The monoisotopic (exact) mass is 242 g/mol. The van der Waals surface area contributed by atoms with Gasteiger partial charge < -0.3 is 10.2 Å². The normalized spacial score (nSPS) is 33.4. The lowest BCUT2D eigenvalue weighted by Crippen LogP contribution is -2.41. The Morgan fingerprint density at radius 2 is 2.00 bits per heavy atom. The van der Waals surface area contributed by atoms with Crippen LogP contribution in [0.2, 0.25) is 0 Å². The van der Waals surface area contributed by atoms with Crippen molar-refractivity contribution in [2.24, 2.45) is 5.92 Å². The zero-order valence-corrected chi connectivity index (χ0v) is 11.6. The summed E-state index contributed by atoms with van der Waals surface area (Å²) in [7, 11) is 0. The number of hydrogen-bond donors (Lipinski definition) is 1. The molecule has 1 N–H and O–H groups in total. The van der Waals surface area contributed by atoms with Crippen molar-refractivity contribution in [2.75, 3.05) is 31.9 Å². The molecule has 2 nitrogen and oxygen atoms in total. The summed E-state index contributed by atoms with van der Waals surface area (Å²) >= 11 is 2.13. The van der Waals surface area contributed by atoms with Crippen LogP contribution in [0.5, 0.6) is 0 Å². The minimum atomic E-state index is 0.786. The van der Waals surface area contributed by atoms with Gasteiger partial charge in [0, 0.05) is 11.3 Å². The van der Waals surface area contributed by atoms with Gasteiger partial charge in [0.2, 0.25) is 0 Å². The second kappa shape index (κ2) is 6.27. The Balaban J connectivity index is 1.63. The van der Waals surface area contributed by atoms with E-state index in [1.807, 2.05) is 0 Å². The molecular formula is C13H26N2S. The molecule has 0 aromatic carbocycles. The van der Waals surface area contributed by atoms with Crippen LogP contribution in [0.4, 0.5) is 0 Å². The summed E-state index contributed by atoms with van der Waals surface area (Å²) in [5.41, 5.74) is 0. The number of hydrogen-bond acceptors (Lipinski definition) is 3. The summed E-state index contributed by atoms with van der Waals surface area (Å²) in [5.74, 6) is 2.29. The number of thioether (sulfide) groups is 1. The summed E-state index contributed by atoms with van der Waals surface area (Å²) in [5, 5.41) is 4.62. The van der Waals surface area contributed by atoms with Crippen molar-refractivity contribution in [3.63, 3.8) is 0 Å². The van der Waals surface area contributed by atoms with Crippen LogP contribution in [-0.4, -0.2) is 48.1 Å². The van der Waals surface area contributed by atoms with Crippen molar-refractivity contribution < 1.29 is 0 Å². The maximum atomic E-state index is 3.79. The van der Waals surface area contributed by atoms with Gasteiger partial charge in [-0.1, -0.05) is 13.8 Å². The first kappa shape index (κ1) is 12.7. The molecular weight excluding hydrogens is 216 g/mol. The summed E-state index contributed by atoms with van der Waals surface area (Å²) in [6, 6.07) is 0.786. The fourth-order valence-corrected chi connectivity index (χ4v) is 4.05. The SMILES string of the molecule is CCN1CCC(CNC2CCSC2C)CC1. The quantitative estimate of drug-likeness (QED) is 0.814. The summed E-state index contributed by atoms with van der Waals surface area (Å²) in [6.45, 7) is 9.77. The Morgan fingerprint density at radius 3 is 2.56 bits per heavy atom. The minimum absolute atomic E-state index is 0.786. The molecule has 2 fully saturated rings. The van der Waals surface area contributed by atoms with Crippen LogP contribution in [0.15, 0.2) is 0 Å². The predicted molar refractivity (Wildman–Crippen MR) is 73.2 cm³/mol. The van der Waals surface area contributed by atoms with E-state index in [0.29, 0.717) is 0 Å². The van der Waals surface area contributed by atoms with Gasteiger partial charge >= 0.3 is 0 Å². The molecule has 2 aliphatic rings. The van der Waals surface area contributed by atoms with Crippen molar-refractivity contribution in [2.45, 2.75) is 44.4 Å². The van der Waals surface area contributed by atoms with Crippen molar-refractivity contribution in [3.05, 3.63) is 0 Å². The van der Waals surface area contributed by atoms with Crippen LogP contribution in [0.25, 0.3) is 0 Å². The third kappa shape index (κ3) is 3.38. The lowest BCUT2D eigenvalue weighted by molar-refractivity contribution is 0.187. The van der Waals surface area contributed by atoms with Crippen molar-refractivity contribution in [1.29, 1.82) is 0 Å². The van der Waals surface area contributed by atoms with Crippen LogP contribution in [0.1, 0.15) is 33.1 Å². The van der Waals surface area contributed by atoms with Gasteiger partial charge in [0.15, 0.2) is 0 Å². The summed E-state index contributed by atoms with van der Waals surface area (Å²) in [6.07, 6.45) is 4.17. The first-order valence-corrected chi connectivity index (χ1v) is 7.91. The standard InChI is InChI=1S/C13H26N2S/c1-3-15-7-4-12(5-8-15)10-14-13-6-9-16-11(13)2/h11-14H,3-10H2,1-2H3.